The third kappa shape index (κ3) is 6.74. The maximum absolute atomic E-state index is 14.0. The van der Waals surface area contributed by atoms with Crippen LogP contribution in [0.5, 0.6) is 0 Å². The summed E-state index contributed by atoms with van der Waals surface area (Å²) in [5.74, 6) is -0.783. The molecule has 2 amide bonds. The van der Waals surface area contributed by atoms with Gasteiger partial charge in [-0.1, -0.05) is 72.6 Å². The van der Waals surface area contributed by atoms with Crippen LogP contribution in [0.15, 0.2) is 77.7 Å². The van der Waals surface area contributed by atoms with Crippen molar-refractivity contribution < 1.29 is 18.0 Å². The van der Waals surface area contributed by atoms with Crippen LogP contribution in [-0.4, -0.2) is 44.3 Å². The lowest BCUT2D eigenvalue weighted by Gasteiger charge is -2.33. The molecule has 9 heteroatoms. The number of hydrogen-bond donors (Lipinski definition) is 1. The Morgan fingerprint density at radius 3 is 2.18 bits per heavy atom. The number of hydrogen-bond acceptors (Lipinski definition) is 4. The number of carbonyl (C=O) groups excluding carboxylic acids is 2. The zero-order valence-corrected chi connectivity index (χ0v) is 23.7. The number of rotatable bonds is 11. The molecular weight excluding hydrogens is 522 g/mol. The lowest BCUT2D eigenvalue weighted by atomic mass is 10.1. The number of likely N-dealkylation sites (N-methyl/N-ethyl adjacent to an activating group) is 1. The molecule has 0 aliphatic carbocycles. The van der Waals surface area contributed by atoms with Crippen LogP contribution in [0.4, 0.5) is 5.69 Å². The summed E-state index contributed by atoms with van der Waals surface area (Å²) in [6, 6.07) is 19.8. The molecule has 0 aliphatic rings. The van der Waals surface area contributed by atoms with E-state index in [1.54, 1.807) is 43.3 Å². The van der Waals surface area contributed by atoms with Crippen LogP contribution in [0.25, 0.3) is 0 Å². The molecular formula is C29H34ClN3O4S. The van der Waals surface area contributed by atoms with Crippen LogP contribution in [0.1, 0.15) is 37.0 Å². The van der Waals surface area contributed by atoms with Crippen LogP contribution < -0.4 is 9.62 Å². The molecule has 0 bridgehead atoms. The highest BCUT2D eigenvalue weighted by Gasteiger charge is 2.34. The van der Waals surface area contributed by atoms with Gasteiger partial charge in [-0.05, 0) is 62.6 Å². The topological polar surface area (TPSA) is 86.8 Å². The minimum absolute atomic E-state index is 0.0491. The number of anilines is 1. The van der Waals surface area contributed by atoms with Crippen molar-refractivity contribution in [3.05, 3.63) is 94.5 Å². The van der Waals surface area contributed by atoms with Crippen molar-refractivity contribution in [3.8, 4) is 0 Å². The molecule has 1 N–H and O–H groups in total. The maximum atomic E-state index is 14.0. The van der Waals surface area contributed by atoms with Gasteiger partial charge in [-0.15, -0.1) is 0 Å². The largest absolute Gasteiger partial charge is 0.355 e. The molecule has 0 saturated heterocycles. The van der Waals surface area contributed by atoms with E-state index in [4.69, 9.17) is 11.6 Å². The molecule has 0 aromatic heterocycles. The monoisotopic (exact) mass is 555 g/mol. The van der Waals surface area contributed by atoms with Gasteiger partial charge in [0.15, 0.2) is 0 Å². The van der Waals surface area contributed by atoms with Gasteiger partial charge in [-0.25, -0.2) is 8.42 Å². The number of sulfonamides is 1. The number of aryl methyl sites for hydroxylation is 1. The van der Waals surface area contributed by atoms with E-state index < -0.39 is 28.5 Å². The van der Waals surface area contributed by atoms with Gasteiger partial charge in [0.05, 0.1) is 10.6 Å². The summed E-state index contributed by atoms with van der Waals surface area (Å²) in [5.41, 5.74) is 2.74. The van der Waals surface area contributed by atoms with Gasteiger partial charge < -0.3 is 10.2 Å². The van der Waals surface area contributed by atoms with Crippen molar-refractivity contribution in [2.75, 3.05) is 17.4 Å². The average molecular weight is 556 g/mol. The lowest BCUT2D eigenvalue weighted by Crippen LogP contribution is -2.52. The first-order chi connectivity index (χ1) is 18.1. The van der Waals surface area contributed by atoms with E-state index >= 15 is 0 Å². The van der Waals surface area contributed by atoms with Crippen molar-refractivity contribution >= 4 is 39.1 Å². The summed E-state index contributed by atoms with van der Waals surface area (Å²) >= 11 is 6.35. The maximum Gasteiger partial charge on any atom is 0.264 e. The number of halogens is 1. The Bertz CT molecular complexity index is 1360. The first-order valence-corrected chi connectivity index (χ1v) is 14.4. The average Bonchev–Trinajstić information content (AvgIpc) is 2.90. The predicted molar refractivity (Wildman–Crippen MR) is 152 cm³/mol. The van der Waals surface area contributed by atoms with Gasteiger partial charge >= 0.3 is 0 Å². The summed E-state index contributed by atoms with van der Waals surface area (Å²) in [6.45, 7) is 7.39. The number of nitrogens with one attached hydrogen (secondary N) is 1. The van der Waals surface area contributed by atoms with E-state index in [1.165, 1.54) is 17.0 Å². The predicted octanol–water partition coefficient (Wildman–Crippen LogP) is 5.10. The fourth-order valence-corrected chi connectivity index (χ4v) is 5.86. The molecule has 3 aromatic carbocycles. The van der Waals surface area contributed by atoms with Crippen LogP contribution >= 0.6 is 11.6 Å². The van der Waals surface area contributed by atoms with Gasteiger partial charge in [-0.3, -0.25) is 13.9 Å². The first kappa shape index (κ1) is 29.2. The van der Waals surface area contributed by atoms with Crippen molar-refractivity contribution in [2.45, 2.75) is 51.6 Å². The van der Waals surface area contributed by atoms with Crippen LogP contribution in [-0.2, 0) is 26.2 Å². The first-order valence-electron chi connectivity index (χ1n) is 12.6. The van der Waals surface area contributed by atoms with Crippen LogP contribution in [0.3, 0.4) is 0 Å². The van der Waals surface area contributed by atoms with Gasteiger partial charge in [-0.2, -0.15) is 0 Å². The summed E-state index contributed by atoms with van der Waals surface area (Å²) in [5, 5.41) is 3.19. The third-order valence-electron chi connectivity index (χ3n) is 6.33. The van der Waals surface area contributed by atoms with E-state index in [9.17, 15) is 18.0 Å². The molecule has 3 rings (SSSR count). The Kier molecular flexibility index (Phi) is 9.94. The normalized spacial score (nSPS) is 12.0. The lowest BCUT2D eigenvalue weighted by molar-refractivity contribution is -0.140. The molecule has 0 aliphatic heterocycles. The van der Waals surface area contributed by atoms with Crippen molar-refractivity contribution in [1.29, 1.82) is 0 Å². The highest BCUT2D eigenvalue weighted by Crippen LogP contribution is 2.31. The molecule has 7 nitrogen and oxygen atoms in total. The van der Waals surface area contributed by atoms with Gasteiger partial charge in [0.25, 0.3) is 10.0 Å². The zero-order valence-electron chi connectivity index (χ0n) is 22.1. The van der Waals surface area contributed by atoms with Gasteiger partial charge in [0, 0.05) is 18.1 Å². The van der Waals surface area contributed by atoms with Crippen LogP contribution in [0, 0.1) is 13.8 Å². The second-order valence-corrected chi connectivity index (χ2v) is 11.3. The molecule has 202 valence electrons. The second kappa shape index (κ2) is 12.9. The molecule has 0 heterocycles. The van der Waals surface area contributed by atoms with E-state index in [1.807, 2.05) is 45.0 Å². The van der Waals surface area contributed by atoms with Gasteiger partial charge in [0.2, 0.25) is 11.8 Å². The second-order valence-electron chi connectivity index (χ2n) is 9.03. The summed E-state index contributed by atoms with van der Waals surface area (Å²) in [4.78, 5) is 28.5. The quantitative estimate of drug-likeness (QED) is 0.357. The smallest absolute Gasteiger partial charge is 0.264 e. The number of amides is 2. The van der Waals surface area contributed by atoms with Crippen molar-refractivity contribution in [2.24, 2.45) is 0 Å². The van der Waals surface area contributed by atoms with Gasteiger partial charge in [0.1, 0.15) is 12.6 Å². The van der Waals surface area contributed by atoms with Crippen molar-refractivity contribution in [3.63, 3.8) is 0 Å². The van der Waals surface area contributed by atoms with E-state index in [2.05, 4.69) is 5.32 Å². The fraction of sp³-hybridized carbons (Fsp3) is 0.310. The molecule has 3 aromatic rings. The standard InChI is InChI=1S/C29H34ClN3O4S/c1-5-26(29(35)31-6-2)32(19-23-17-15-21(3)16-18-23)28(34)20-33(27-14-10-13-25(30)22(27)4)38(36,37)24-11-8-7-9-12-24/h7-18,26H,5-6,19-20H2,1-4H3,(H,31,35)/t26-/m1/s1. The Morgan fingerprint density at radius 1 is 0.921 bits per heavy atom. The van der Waals surface area contributed by atoms with Crippen LogP contribution in [0.2, 0.25) is 5.02 Å². The minimum atomic E-state index is -4.14. The molecule has 0 saturated carbocycles. The summed E-state index contributed by atoms with van der Waals surface area (Å²) in [6.07, 6.45) is 0.366. The fourth-order valence-electron chi connectivity index (χ4n) is 4.20. The number of carbonyl (C=O) groups is 2. The molecule has 0 unspecified atom stereocenters. The molecule has 0 fully saturated rings. The Balaban J connectivity index is 2.09. The Morgan fingerprint density at radius 2 is 1.58 bits per heavy atom. The Labute approximate surface area is 230 Å². The minimum Gasteiger partial charge on any atom is -0.355 e. The molecule has 0 radical (unpaired) electrons. The molecule has 0 spiro atoms. The van der Waals surface area contributed by atoms with E-state index in [-0.39, 0.29) is 17.3 Å². The van der Waals surface area contributed by atoms with Crippen molar-refractivity contribution in [1.82, 2.24) is 10.2 Å². The molecule has 1 atom stereocenters. The zero-order chi connectivity index (χ0) is 27.9. The highest BCUT2D eigenvalue weighted by molar-refractivity contribution is 7.92. The Hall–Kier alpha value is -3.36. The molecule has 38 heavy (non-hydrogen) atoms. The number of benzene rings is 3. The summed E-state index contributed by atoms with van der Waals surface area (Å²) in [7, 11) is -4.14. The van der Waals surface area contributed by atoms with E-state index in [0.29, 0.717) is 29.2 Å². The SMILES string of the molecule is CCNC(=O)[C@@H](CC)N(Cc1ccc(C)cc1)C(=O)CN(c1cccc(Cl)c1C)S(=O)(=O)c1ccccc1. The van der Waals surface area contributed by atoms with E-state index in [0.717, 1.165) is 15.4 Å². The summed E-state index contributed by atoms with van der Waals surface area (Å²) < 4.78 is 28.8. The number of nitrogens with zero attached hydrogens (tertiary/aromatic N) is 2. The third-order valence-corrected chi connectivity index (χ3v) is 8.51. The highest BCUT2D eigenvalue weighted by atomic mass is 35.5.